The lowest BCUT2D eigenvalue weighted by molar-refractivity contribution is 0.0555. The van der Waals surface area contributed by atoms with E-state index in [4.69, 9.17) is 4.74 Å². The number of sulfonamides is 1. The van der Waals surface area contributed by atoms with Crippen LogP contribution in [-0.2, 0) is 17.1 Å². The second-order valence-electron chi connectivity index (χ2n) is 7.29. The molecular formula is C20H22N4O5S. The first-order valence-corrected chi connectivity index (χ1v) is 10.5. The summed E-state index contributed by atoms with van der Waals surface area (Å²) in [5.41, 5.74) is 0.00382. The van der Waals surface area contributed by atoms with Gasteiger partial charge in [-0.25, -0.2) is 13.1 Å². The molecule has 158 valence electrons. The Morgan fingerprint density at radius 2 is 2.23 bits per heavy atom. The zero-order chi connectivity index (χ0) is 22.3. The number of ether oxygens (including phenoxy) is 1. The second-order valence-corrected chi connectivity index (χ2v) is 8.97. The minimum atomic E-state index is -4.07. The number of carbonyl (C=O) groups excluding carboxylic acids is 1. The number of amides is 1. The molecule has 10 heteroatoms. The van der Waals surface area contributed by atoms with Crippen LogP contribution in [0.4, 0.5) is 5.69 Å². The maximum Gasteiger partial charge on any atom is 0.276 e. The molecule has 0 bridgehead atoms. The summed E-state index contributed by atoms with van der Waals surface area (Å²) < 4.78 is 35.1. The summed E-state index contributed by atoms with van der Waals surface area (Å²) in [5.74, 6) is -0.715. The summed E-state index contributed by atoms with van der Waals surface area (Å²) in [6.45, 7) is 6.49. The largest absolute Gasteiger partial charge is 0.488 e. The van der Waals surface area contributed by atoms with Gasteiger partial charge in [0.05, 0.1) is 23.3 Å². The number of fused-ring (bicyclic) bond motifs is 1. The lowest BCUT2D eigenvalue weighted by Crippen LogP contribution is -2.51. The second kappa shape index (κ2) is 7.60. The summed E-state index contributed by atoms with van der Waals surface area (Å²) >= 11 is 0. The normalized spacial score (nSPS) is 19.4. The summed E-state index contributed by atoms with van der Waals surface area (Å²) in [4.78, 5) is 12.7. The fraction of sp³-hybridized carbons (Fsp3) is 0.300. The topological polar surface area (TPSA) is 133 Å². The highest BCUT2D eigenvalue weighted by atomic mass is 32.2. The number of aromatic nitrogens is 1. The molecule has 2 atom stereocenters. The molecule has 3 N–H and O–H groups in total. The highest BCUT2D eigenvalue weighted by Gasteiger charge is 2.40. The Labute approximate surface area is 174 Å². The van der Waals surface area contributed by atoms with Gasteiger partial charge >= 0.3 is 0 Å². The Kier molecular flexibility index (Phi) is 5.47. The van der Waals surface area contributed by atoms with Crippen molar-refractivity contribution in [3.8, 4) is 11.8 Å². The van der Waals surface area contributed by atoms with Crippen LogP contribution in [0.25, 0.3) is 0 Å². The average molecular weight is 430 g/mol. The predicted molar refractivity (Wildman–Crippen MR) is 110 cm³/mol. The Bertz CT molecular complexity index is 1170. The number of aliphatic hydroxyl groups is 1. The van der Waals surface area contributed by atoms with Gasteiger partial charge in [-0.1, -0.05) is 12.1 Å². The highest BCUT2D eigenvalue weighted by Crippen LogP contribution is 2.34. The molecule has 1 amide bonds. The first-order valence-electron chi connectivity index (χ1n) is 9.02. The van der Waals surface area contributed by atoms with Crippen molar-refractivity contribution in [2.45, 2.75) is 30.4 Å². The average Bonchev–Trinajstić information content (AvgIpc) is 2.97. The van der Waals surface area contributed by atoms with Gasteiger partial charge < -0.3 is 19.7 Å². The molecule has 9 nitrogen and oxygen atoms in total. The summed E-state index contributed by atoms with van der Waals surface area (Å²) in [6.07, 6.45) is 2.49. The van der Waals surface area contributed by atoms with E-state index in [1.165, 1.54) is 36.9 Å². The molecule has 2 heterocycles. The van der Waals surface area contributed by atoms with Crippen molar-refractivity contribution in [3.63, 3.8) is 0 Å². The SMILES string of the molecule is C=C[C@](C)(O)[C@H]1COc2c(cn(C)c2C(=O)Nc2ccc(C)c(C#N)c2)S(=O)(=O)N1. The van der Waals surface area contributed by atoms with Gasteiger partial charge in [-0.3, -0.25) is 4.79 Å². The number of carbonyl (C=O) groups is 1. The highest BCUT2D eigenvalue weighted by molar-refractivity contribution is 7.89. The van der Waals surface area contributed by atoms with E-state index in [9.17, 15) is 23.6 Å². The third kappa shape index (κ3) is 3.82. The van der Waals surface area contributed by atoms with Crippen molar-refractivity contribution in [3.05, 3.63) is 53.9 Å². The lowest BCUT2D eigenvalue weighted by Gasteiger charge is -2.28. The molecule has 0 spiro atoms. The molecule has 0 saturated heterocycles. The third-order valence-electron chi connectivity index (χ3n) is 5.03. The van der Waals surface area contributed by atoms with E-state index in [1.807, 2.05) is 6.07 Å². The molecular weight excluding hydrogens is 408 g/mol. The first kappa shape index (κ1) is 21.6. The van der Waals surface area contributed by atoms with Gasteiger partial charge in [-0.2, -0.15) is 5.26 Å². The molecule has 0 saturated carbocycles. The maximum absolute atomic E-state index is 12.9. The molecule has 2 aromatic rings. The molecule has 1 aliphatic heterocycles. The van der Waals surface area contributed by atoms with E-state index in [0.717, 1.165) is 5.56 Å². The van der Waals surface area contributed by atoms with Crippen LogP contribution in [0.2, 0.25) is 0 Å². The first-order chi connectivity index (χ1) is 14.0. The molecule has 1 aromatic carbocycles. The molecule has 0 aliphatic carbocycles. The van der Waals surface area contributed by atoms with E-state index in [-0.39, 0.29) is 22.9 Å². The fourth-order valence-corrected chi connectivity index (χ4v) is 4.57. The Morgan fingerprint density at radius 1 is 1.53 bits per heavy atom. The fourth-order valence-electron chi connectivity index (χ4n) is 3.06. The summed E-state index contributed by atoms with van der Waals surface area (Å²) in [5, 5.41) is 22.2. The van der Waals surface area contributed by atoms with Gasteiger partial charge in [-0.15, -0.1) is 6.58 Å². The van der Waals surface area contributed by atoms with Crippen molar-refractivity contribution in [2.75, 3.05) is 11.9 Å². The molecule has 1 aliphatic rings. The number of hydrogen-bond donors (Lipinski definition) is 3. The lowest BCUT2D eigenvalue weighted by atomic mass is 9.98. The summed E-state index contributed by atoms with van der Waals surface area (Å²) in [6, 6.07) is 5.93. The smallest absolute Gasteiger partial charge is 0.276 e. The van der Waals surface area contributed by atoms with Crippen molar-refractivity contribution in [1.29, 1.82) is 5.26 Å². The minimum Gasteiger partial charge on any atom is -0.488 e. The number of nitriles is 1. The van der Waals surface area contributed by atoms with E-state index in [0.29, 0.717) is 11.3 Å². The molecule has 0 unspecified atom stereocenters. The van der Waals surface area contributed by atoms with Crippen molar-refractivity contribution >= 4 is 21.6 Å². The van der Waals surface area contributed by atoms with Crippen LogP contribution in [0.15, 0.2) is 41.9 Å². The van der Waals surface area contributed by atoms with E-state index in [1.54, 1.807) is 19.1 Å². The zero-order valence-corrected chi connectivity index (χ0v) is 17.6. The molecule has 30 heavy (non-hydrogen) atoms. The van der Waals surface area contributed by atoms with E-state index < -0.39 is 27.6 Å². The number of nitrogens with one attached hydrogen (secondary N) is 2. The van der Waals surface area contributed by atoms with Crippen LogP contribution >= 0.6 is 0 Å². The van der Waals surface area contributed by atoms with Gasteiger partial charge in [0, 0.05) is 18.9 Å². The Morgan fingerprint density at radius 3 is 2.87 bits per heavy atom. The van der Waals surface area contributed by atoms with Crippen LogP contribution in [-0.4, -0.2) is 42.2 Å². The van der Waals surface area contributed by atoms with Gasteiger partial charge in [0.15, 0.2) is 11.4 Å². The number of rotatable bonds is 4. The minimum absolute atomic E-state index is 0.00615. The molecule has 3 rings (SSSR count). The molecule has 0 radical (unpaired) electrons. The number of hydrogen-bond acceptors (Lipinski definition) is 6. The number of anilines is 1. The summed E-state index contributed by atoms with van der Waals surface area (Å²) in [7, 11) is -2.55. The Balaban J connectivity index is 1.99. The van der Waals surface area contributed by atoms with Gasteiger partial charge in [-0.05, 0) is 31.5 Å². The third-order valence-corrected chi connectivity index (χ3v) is 6.50. The molecule has 1 aromatic heterocycles. The monoisotopic (exact) mass is 430 g/mol. The van der Waals surface area contributed by atoms with Crippen LogP contribution in [0.3, 0.4) is 0 Å². The molecule has 0 fully saturated rings. The number of aryl methyl sites for hydroxylation is 2. The van der Waals surface area contributed by atoms with Crippen molar-refractivity contribution in [2.24, 2.45) is 7.05 Å². The standard InChI is InChI=1S/C20H22N4O5S/c1-5-20(3,26)16-11-29-18-15(30(27,28)23-16)10-24(4)17(18)19(25)22-14-7-6-12(2)13(8-14)9-21/h5-8,10,16,23,26H,1,11H2,2-4H3,(H,22,25)/t16-,20+/m1/s1. The van der Waals surface area contributed by atoms with E-state index >= 15 is 0 Å². The van der Waals surface area contributed by atoms with Gasteiger partial charge in [0.2, 0.25) is 10.0 Å². The van der Waals surface area contributed by atoms with Crippen molar-refractivity contribution < 1.29 is 23.1 Å². The van der Waals surface area contributed by atoms with Crippen LogP contribution in [0.5, 0.6) is 5.75 Å². The van der Waals surface area contributed by atoms with E-state index in [2.05, 4.69) is 16.6 Å². The number of nitrogens with zero attached hydrogens (tertiary/aromatic N) is 2. The van der Waals surface area contributed by atoms with Crippen LogP contribution < -0.4 is 14.8 Å². The predicted octanol–water partition coefficient (Wildman–Crippen LogP) is 1.43. The van der Waals surface area contributed by atoms with Crippen LogP contribution in [0.1, 0.15) is 28.5 Å². The zero-order valence-electron chi connectivity index (χ0n) is 16.8. The maximum atomic E-state index is 12.9. The van der Waals surface area contributed by atoms with Crippen LogP contribution in [0, 0.1) is 18.3 Å². The Hall–Kier alpha value is -3.13. The van der Waals surface area contributed by atoms with Gasteiger partial charge in [0.1, 0.15) is 11.5 Å². The number of benzene rings is 1. The quantitative estimate of drug-likeness (QED) is 0.629. The van der Waals surface area contributed by atoms with Crippen molar-refractivity contribution in [1.82, 2.24) is 9.29 Å². The van der Waals surface area contributed by atoms with Gasteiger partial charge in [0.25, 0.3) is 5.91 Å².